The Morgan fingerprint density at radius 3 is 2.76 bits per heavy atom. The van der Waals surface area contributed by atoms with Gasteiger partial charge in [0.2, 0.25) is 5.91 Å². The number of rotatable bonds is 8. The van der Waals surface area contributed by atoms with Gasteiger partial charge in [0.1, 0.15) is 5.75 Å². The van der Waals surface area contributed by atoms with Gasteiger partial charge in [-0.3, -0.25) is 4.79 Å². The van der Waals surface area contributed by atoms with E-state index in [1.807, 2.05) is 64.2 Å². The van der Waals surface area contributed by atoms with Crippen LogP contribution in [-0.2, 0) is 24.3 Å². The Hall–Kier alpha value is -2.90. The average Bonchev–Trinajstić information content (AvgIpc) is 3.50. The molecule has 7 heteroatoms. The van der Waals surface area contributed by atoms with Crippen molar-refractivity contribution in [2.75, 3.05) is 7.11 Å². The lowest BCUT2D eigenvalue weighted by molar-refractivity contribution is -0.131. The fourth-order valence-electron chi connectivity index (χ4n) is 3.03. The predicted molar refractivity (Wildman–Crippen MR) is 115 cm³/mol. The second-order valence-electron chi connectivity index (χ2n) is 6.44. The first-order valence-corrected chi connectivity index (χ1v) is 10.9. The number of aromatic nitrogens is 1. The van der Waals surface area contributed by atoms with Gasteiger partial charge in [0.15, 0.2) is 10.8 Å². The Labute approximate surface area is 177 Å². The van der Waals surface area contributed by atoms with Crippen molar-refractivity contribution < 1.29 is 13.9 Å². The Morgan fingerprint density at radius 1 is 1.10 bits per heavy atom. The number of para-hydroxylation sites is 1. The summed E-state index contributed by atoms with van der Waals surface area (Å²) in [6, 6.07) is 15.5. The van der Waals surface area contributed by atoms with Gasteiger partial charge in [-0.15, -0.1) is 22.7 Å². The van der Waals surface area contributed by atoms with Gasteiger partial charge in [0.05, 0.1) is 32.0 Å². The lowest BCUT2D eigenvalue weighted by Crippen LogP contribution is -2.31. The monoisotopic (exact) mass is 424 g/mol. The topological polar surface area (TPSA) is 55.6 Å². The zero-order valence-corrected chi connectivity index (χ0v) is 17.5. The van der Waals surface area contributed by atoms with Gasteiger partial charge in [-0.1, -0.05) is 24.3 Å². The maximum atomic E-state index is 13.2. The van der Waals surface area contributed by atoms with E-state index in [9.17, 15) is 4.79 Å². The van der Waals surface area contributed by atoms with Crippen molar-refractivity contribution in [2.24, 2.45) is 0 Å². The van der Waals surface area contributed by atoms with Crippen LogP contribution in [0, 0.1) is 0 Å². The quantitative estimate of drug-likeness (QED) is 0.388. The number of ether oxygens (including phenoxy) is 1. The van der Waals surface area contributed by atoms with E-state index in [-0.39, 0.29) is 12.3 Å². The highest BCUT2D eigenvalue weighted by molar-refractivity contribution is 7.13. The summed E-state index contributed by atoms with van der Waals surface area (Å²) >= 11 is 3.13. The smallest absolute Gasteiger partial charge is 0.229 e. The maximum absolute atomic E-state index is 13.2. The largest absolute Gasteiger partial charge is 0.496 e. The summed E-state index contributed by atoms with van der Waals surface area (Å²) in [6.07, 6.45) is 1.87. The molecule has 0 unspecified atom stereocenters. The molecule has 5 nitrogen and oxygen atoms in total. The Bertz CT molecular complexity index is 1060. The number of thiazole rings is 1. The highest BCUT2D eigenvalue weighted by Gasteiger charge is 2.19. The number of furan rings is 1. The molecule has 0 bridgehead atoms. The molecular formula is C22H20N2O3S2. The zero-order valence-electron chi connectivity index (χ0n) is 15.9. The molecule has 1 amide bonds. The second kappa shape index (κ2) is 9.07. The lowest BCUT2D eigenvalue weighted by Gasteiger charge is -2.23. The van der Waals surface area contributed by atoms with Crippen molar-refractivity contribution in [1.82, 2.24) is 9.88 Å². The van der Waals surface area contributed by atoms with E-state index in [0.29, 0.717) is 13.1 Å². The maximum Gasteiger partial charge on any atom is 0.229 e. The van der Waals surface area contributed by atoms with Gasteiger partial charge in [-0.05, 0) is 29.6 Å². The van der Waals surface area contributed by atoms with E-state index in [0.717, 1.165) is 32.7 Å². The first-order chi connectivity index (χ1) is 14.2. The van der Waals surface area contributed by atoms with Crippen LogP contribution in [0.25, 0.3) is 10.8 Å². The zero-order chi connectivity index (χ0) is 20.1. The molecule has 29 heavy (non-hydrogen) atoms. The molecule has 148 valence electrons. The highest BCUT2D eigenvalue weighted by Crippen LogP contribution is 2.25. The number of benzene rings is 1. The van der Waals surface area contributed by atoms with Crippen LogP contribution >= 0.6 is 22.7 Å². The minimum Gasteiger partial charge on any atom is -0.496 e. The minimum absolute atomic E-state index is 0.0283. The first-order valence-electron chi connectivity index (χ1n) is 9.13. The van der Waals surface area contributed by atoms with E-state index in [2.05, 4.69) is 4.98 Å². The lowest BCUT2D eigenvalue weighted by atomic mass is 10.1. The highest BCUT2D eigenvalue weighted by atomic mass is 32.1. The molecule has 0 aliphatic rings. The van der Waals surface area contributed by atoms with Crippen LogP contribution in [0.2, 0.25) is 0 Å². The average molecular weight is 425 g/mol. The third-order valence-corrected chi connectivity index (χ3v) is 6.22. The molecular weight excluding hydrogens is 404 g/mol. The molecule has 0 spiro atoms. The molecule has 3 heterocycles. The van der Waals surface area contributed by atoms with Crippen molar-refractivity contribution in [3.05, 3.63) is 81.7 Å². The number of carbonyl (C=O) groups is 1. The number of carbonyl (C=O) groups excluding carboxylic acids is 1. The number of hydrogen-bond donors (Lipinski definition) is 0. The molecule has 4 aromatic rings. The molecule has 4 rings (SSSR count). The summed E-state index contributed by atoms with van der Waals surface area (Å²) < 4.78 is 10.9. The van der Waals surface area contributed by atoms with Crippen molar-refractivity contribution in [2.45, 2.75) is 19.5 Å². The molecule has 0 saturated heterocycles. The predicted octanol–water partition coefficient (Wildman–Crippen LogP) is 5.24. The fourth-order valence-corrected chi connectivity index (χ4v) is 4.54. The molecule has 0 fully saturated rings. The summed E-state index contributed by atoms with van der Waals surface area (Å²) in [5.41, 5.74) is 1.73. The second-order valence-corrected chi connectivity index (χ2v) is 8.33. The number of thiophene rings is 1. The van der Waals surface area contributed by atoms with Crippen LogP contribution in [0.4, 0.5) is 0 Å². The molecule has 3 aromatic heterocycles. The summed E-state index contributed by atoms with van der Waals surface area (Å²) in [4.78, 5) is 20.7. The standard InChI is InChI=1S/C22H20N2O3S2/c1-26-19-8-3-2-6-16(19)13-24(14-18-7-5-11-28-18)21(25)12-17-15-29-22(23-17)20-9-4-10-27-20/h2-11,15H,12-14H2,1H3. The van der Waals surface area contributed by atoms with Gasteiger partial charge < -0.3 is 14.1 Å². The number of hydrogen-bond acceptors (Lipinski definition) is 6. The van der Waals surface area contributed by atoms with Gasteiger partial charge in [-0.25, -0.2) is 4.98 Å². The van der Waals surface area contributed by atoms with E-state index < -0.39 is 0 Å². The molecule has 0 saturated carbocycles. The van der Waals surface area contributed by atoms with Crippen LogP contribution < -0.4 is 4.74 Å². The van der Waals surface area contributed by atoms with Gasteiger partial charge in [-0.2, -0.15) is 0 Å². The van der Waals surface area contributed by atoms with Crippen LogP contribution in [0.1, 0.15) is 16.1 Å². The SMILES string of the molecule is COc1ccccc1CN(Cc1cccs1)C(=O)Cc1csc(-c2ccco2)n1. The number of methoxy groups -OCH3 is 1. The van der Waals surface area contributed by atoms with Gasteiger partial charge >= 0.3 is 0 Å². The molecule has 0 atom stereocenters. The van der Waals surface area contributed by atoms with Crippen molar-refractivity contribution in [3.63, 3.8) is 0 Å². The van der Waals surface area contributed by atoms with E-state index in [4.69, 9.17) is 9.15 Å². The summed E-state index contributed by atoms with van der Waals surface area (Å²) in [6.45, 7) is 1.04. The normalized spacial score (nSPS) is 10.8. The van der Waals surface area contributed by atoms with E-state index in [1.165, 1.54) is 11.3 Å². The molecule has 0 N–H and O–H groups in total. The van der Waals surface area contributed by atoms with Crippen LogP contribution in [0.3, 0.4) is 0 Å². The van der Waals surface area contributed by atoms with Crippen LogP contribution in [0.15, 0.2) is 70.0 Å². The van der Waals surface area contributed by atoms with Crippen LogP contribution in [0.5, 0.6) is 5.75 Å². The van der Waals surface area contributed by atoms with Gasteiger partial charge in [0.25, 0.3) is 0 Å². The Kier molecular flexibility index (Phi) is 6.07. The third kappa shape index (κ3) is 4.75. The van der Waals surface area contributed by atoms with Crippen molar-refractivity contribution >= 4 is 28.6 Å². The Morgan fingerprint density at radius 2 is 2.00 bits per heavy atom. The van der Waals surface area contributed by atoms with Crippen molar-refractivity contribution in [1.29, 1.82) is 0 Å². The molecule has 0 aliphatic carbocycles. The van der Waals surface area contributed by atoms with Crippen molar-refractivity contribution in [3.8, 4) is 16.5 Å². The summed E-state index contributed by atoms with van der Waals surface area (Å²) in [5.74, 6) is 1.53. The van der Waals surface area contributed by atoms with Gasteiger partial charge in [0, 0.05) is 22.4 Å². The number of nitrogens with zero attached hydrogens (tertiary/aromatic N) is 2. The first kappa shape index (κ1) is 19.4. The number of amides is 1. The molecule has 0 radical (unpaired) electrons. The third-order valence-electron chi connectivity index (χ3n) is 4.45. The summed E-state index contributed by atoms with van der Waals surface area (Å²) in [5, 5.41) is 4.73. The molecule has 0 aliphatic heterocycles. The summed E-state index contributed by atoms with van der Waals surface area (Å²) in [7, 11) is 1.65. The van der Waals surface area contributed by atoms with E-state index in [1.54, 1.807) is 24.7 Å². The molecule has 1 aromatic carbocycles. The Balaban J connectivity index is 1.53. The van der Waals surface area contributed by atoms with Crippen LogP contribution in [-0.4, -0.2) is 22.9 Å². The minimum atomic E-state index is 0.0283. The van der Waals surface area contributed by atoms with E-state index >= 15 is 0 Å². The fraction of sp³-hybridized carbons (Fsp3) is 0.182.